The quantitative estimate of drug-likeness (QED) is 0.880. The van der Waals surface area contributed by atoms with Gasteiger partial charge in [0, 0.05) is 30.1 Å². The molecule has 1 aliphatic carbocycles. The number of carbonyl (C=O) groups excluding carboxylic acids is 1. The molecule has 1 aromatic carbocycles. The average Bonchev–Trinajstić information content (AvgIpc) is 2.79. The van der Waals surface area contributed by atoms with Crippen LogP contribution in [0, 0.1) is 5.92 Å². The minimum Gasteiger partial charge on any atom is -0.375 e. The van der Waals surface area contributed by atoms with Gasteiger partial charge < -0.3 is 15.4 Å². The zero-order chi connectivity index (χ0) is 16.4. The van der Waals surface area contributed by atoms with E-state index in [0.717, 1.165) is 30.9 Å². The van der Waals surface area contributed by atoms with Crippen LogP contribution < -0.4 is 10.6 Å². The van der Waals surface area contributed by atoms with Crippen molar-refractivity contribution in [2.75, 3.05) is 13.2 Å². The summed E-state index contributed by atoms with van der Waals surface area (Å²) in [5.74, 6) is 0.884. The summed E-state index contributed by atoms with van der Waals surface area (Å²) >= 11 is 6.03. The first kappa shape index (κ1) is 16.6. The SMILES string of the molecule is CC1(C)OCCC1CNC(=O)NC1CC(c2cccc(Cl)c2)C1. The molecular weight excluding hydrogens is 312 g/mol. The van der Waals surface area contributed by atoms with Crippen LogP contribution in [0.4, 0.5) is 4.79 Å². The Morgan fingerprint density at radius 2 is 2.17 bits per heavy atom. The lowest BCUT2D eigenvalue weighted by atomic mass is 9.76. The summed E-state index contributed by atoms with van der Waals surface area (Å²) in [6, 6.07) is 8.19. The maximum absolute atomic E-state index is 12.0. The highest BCUT2D eigenvalue weighted by atomic mass is 35.5. The van der Waals surface area contributed by atoms with E-state index >= 15 is 0 Å². The number of rotatable bonds is 4. The lowest BCUT2D eigenvalue weighted by Gasteiger charge is -2.36. The van der Waals surface area contributed by atoms with Gasteiger partial charge in [0.1, 0.15) is 0 Å². The Hall–Kier alpha value is -1.26. The number of halogens is 1. The molecule has 0 radical (unpaired) electrons. The Labute approximate surface area is 142 Å². The topological polar surface area (TPSA) is 50.4 Å². The minimum absolute atomic E-state index is 0.0674. The van der Waals surface area contributed by atoms with Crippen LogP contribution in [0.15, 0.2) is 24.3 Å². The molecule has 0 spiro atoms. The third-order valence-corrected chi connectivity index (χ3v) is 5.46. The fourth-order valence-electron chi connectivity index (χ4n) is 3.50. The predicted molar refractivity (Wildman–Crippen MR) is 91.9 cm³/mol. The molecule has 1 atom stereocenters. The molecular formula is C18H25ClN2O2. The highest BCUT2D eigenvalue weighted by Gasteiger charge is 2.36. The lowest BCUT2D eigenvalue weighted by molar-refractivity contribution is 0.0119. The molecule has 1 unspecified atom stereocenters. The van der Waals surface area contributed by atoms with Gasteiger partial charge in [0.05, 0.1) is 5.60 Å². The van der Waals surface area contributed by atoms with Crippen molar-refractivity contribution in [2.24, 2.45) is 5.92 Å². The van der Waals surface area contributed by atoms with E-state index in [9.17, 15) is 4.79 Å². The second-order valence-corrected chi connectivity index (χ2v) is 7.65. The normalized spacial score (nSPS) is 28.9. The molecule has 0 bridgehead atoms. The van der Waals surface area contributed by atoms with E-state index in [0.29, 0.717) is 18.4 Å². The summed E-state index contributed by atoms with van der Waals surface area (Å²) in [4.78, 5) is 12.0. The molecule has 1 saturated heterocycles. The summed E-state index contributed by atoms with van der Waals surface area (Å²) < 4.78 is 5.69. The monoisotopic (exact) mass is 336 g/mol. The van der Waals surface area contributed by atoms with Gasteiger partial charge in [0.15, 0.2) is 0 Å². The van der Waals surface area contributed by atoms with Crippen molar-refractivity contribution in [1.29, 1.82) is 0 Å². The van der Waals surface area contributed by atoms with Gasteiger partial charge >= 0.3 is 6.03 Å². The predicted octanol–water partition coefficient (Wildman–Crippen LogP) is 3.70. The molecule has 3 rings (SSSR count). The van der Waals surface area contributed by atoms with Crippen molar-refractivity contribution in [1.82, 2.24) is 10.6 Å². The van der Waals surface area contributed by atoms with Crippen molar-refractivity contribution >= 4 is 17.6 Å². The fourth-order valence-corrected chi connectivity index (χ4v) is 3.70. The van der Waals surface area contributed by atoms with Crippen molar-refractivity contribution in [3.05, 3.63) is 34.9 Å². The van der Waals surface area contributed by atoms with E-state index in [1.807, 2.05) is 18.2 Å². The van der Waals surface area contributed by atoms with E-state index < -0.39 is 0 Å². The Morgan fingerprint density at radius 1 is 1.39 bits per heavy atom. The van der Waals surface area contributed by atoms with Crippen LogP contribution in [0.2, 0.25) is 5.02 Å². The number of benzene rings is 1. The highest BCUT2D eigenvalue weighted by Crippen LogP contribution is 2.37. The first-order valence-electron chi connectivity index (χ1n) is 8.38. The van der Waals surface area contributed by atoms with Gasteiger partial charge in [-0.05, 0) is 56.7 Å². The largest absolute Gasteiger partial charge is 0.375 e. The highest BCUT2D eigenvalue weighted by molar-refractivity contribution is 6.30. The number of carbonyl (C=O) groups is 1. The third kappa shape index (κ3) is 3.99. The molecule has 0 aromatic heterocycles. The standard InChI is InChI=1S/C18H25ClN2O2/c1-18(2)14(6-7-23-18)11-20-17(22)21-16-9-13(10-16)12-4-3-5-15(19)8-12/h3-5,8,13-14,16H,6-7,9-11H2,1-2H3,(H2,20,21,22). The van der Waals surface area contributed by atoms with Crippen molar-refractivity contribution < 1.29 is 9.53 Å². The zero-order valence-corrected chi connectivity index (χ0v) is 14.5. The lowest BCUT2D eigenvalue weighted by Crippen LogP contribution is -2.49. The summed E-state index contributed by atoms with van der Waals surface area (Å²) in [5.41, 5.74) is 1.13. The van der Waals surface area contributed by atoms with Gasteiger partial charge in [0.25, 0.3) is 0 Å². The Bertz CT molecular complexity index is 570. The van der Waals surface area contributed by atoms with Gasteiger partial charge in [-0.1, -0.05) is 23.7 Å². The summed E-state index contributed by atoms with van der Waals surface area (Å²) in [6.07, 6.45) is 2.96. The summed E-state index contributed by atoms with van der Waals surface area (Å²) in [5, 5.41) is 6.83. The molecule has 2 fully saturated rings. The number of nitrogens with one attached hydrogen (secondary N) is 2. The zero-order valence-electron chi connectivity index (χ0n) is 13.8. The molecule has 1 aromatic rings. The van der Waals surface area contributed by atoms with Gasteiger partial charge in [-0.3, -0.25) is 0 Å². The molecule has 2 amide bonds. The first-order valence-corrected chi connectivity index (χ1v) is 8.75. The number of amides is 2. The van der Waals surface area contributed by atoms with Gasteiger partial charge in [-0.15, -0.1) is 0 Å². The molecule has 2 N–H and O–H groups in total. The van der Waals surface area contributed by atoms with Crippen LogP contribution in [-0.2, 0) is 4.74 Å². The molecule has 23 heavy (non-hydrogen) atoms. The summed E-state index contributed by atoms with van der Waals surface area (Å²) in [7, 11) is 0. The van der Waals surface area contributed by atoms with Crippen molar-refractivity contribution in [2.45, 2.75) is 50.7 Å². The maximum atomic E-state index is 12.0. The molecule has 1 aliphatic heterocycles. The van der Waals surface area contributed by atoms with Crippen molar-refractivity contribution in [3.63, 3.8) is 0 Å². The molecule has 1 saturated carbocycles. The first-order chi connectivity index (χ1) is 10.9. The summed E-state index contributed by atoms with van der Waals surface area (Å²) in [6.45, 7) is 5.63. The van der Waals surface area contributed by atoms with E-state index in [4.69, 9.17) is 16.3 Å². The second-order valence-electron chi connectivity index (χ2n) is 7.21. The van der Waals surface area contributed by atoms with Crippen LogP contribution in [-0.4, -0.2) is 30.8 Å². The maximum Gasteiger partial charge on any atom is 0.315 e. The van der Waals surface area contributed by atoms with E-state index in [2.05, 4.69) is 30.5 Å². The Balaban J connectivity index is 1.39. The number of hydrogen-bond acceptors (Lipinski definition) is 2. The van der Waals surface area contributed by atoms with Gasteiger partial charge in [-0.25, -0.2) is 4.79 Å². The number of urea groups is 1. The molecule has 5 heteroatoms. The van der Waals surface area contributed by atoms with E-state index in [1.54, 1.807) is 0 Å². The van der Waals surface area contributed by atoms with Crippen LogP contribution in [0.1, 0.15) is 44.6 Å². The van der Waals surface area contributed by atoms with Crippen LogP contribution >= 0.6 is 11.6 Å². The Morgan fingerprint density at radius 3 is 2.83 bits per heavy atom. The van der Waals surface area contributed by atoms with Crippen LogP contribution in [0.25, 0.3) is 0 Å². The number of hydrogen-bond donors (Lipinski definition) is 2. The van der Waals surface area contributed by atoms with Gasteiger partial charge in [-0.2, -0.15) is 0 Å². The number of ether oxygens (including phenoxy) is 1. The van der Waals surface area contributed by atoms with Crippen LogP contribution in [0.3, 0.4) is 0 Å². The molecule has 1 heterocycles. The average molecular weight is 337 g/mol. The molecule has 2 aliphatic rings. The third-order valence-electron chi connectivity index (χ3n) is 5.23. The van der Waals surface area contributed by atoms with Crippen molar-refractivity contribution in [3.8, 4) is 0 Å². The van der Waals surface area contributed by atoms with E-state index in [-0.39, 0.29) is 17.7 Å². The molecule has 4 nitrogen and oxygen atoms in total. The van der Waals surface area contributed by atoms with E-state index in [1.165, 1.54) is 5.56 Å². The van der Waals surface area contributed by atoms with Gasteiger partial charge in [0.2, 0.25) is 0 Å². The fraction of sp³-hybridized carbons (Fsp3) is 0.611. The Kier molecular flexibility index (Phi) is 4.83. The molecule has 126 valence electrons. The smallest absolute Gasteiger partial charge is 0.315 e. The minimum atomic E-state index is -0.137. The van der Waals surface area contributed by atoms with Crippen LogP contribution in [0.5, 0.6) is 0 Å². The second kappa shape index (κ2) is 6.70.